The number of fused-ring (bicyclic) bond motifs is 1. The molecule has 9 heteroatoms. The number of aryl methyl sites for hydroxylation is 2. The molecule has 3 unspecified atom stereocenters. The van der Waals surface area contributed by atoms with Crippen LogP contribution in [0.15, 0.2) is 30.9 Å². The van der Waals surface area contributed by atoms with Crippen molar-refractivity contribution in [3.63, 3.8) is 0 Å². The lowest BCUT2D eigenvalue weighted by molar-refractivity contribution is -0.153. The van der Waals surface area contributed by atoms with Gasteiger partial charge in [0.2, 0.25) is 5.91 Å². The number of aliphatic hydroxyl groups is 1. The van der Waals surface area contributed by atoms with Gasteiger partial charge in [0.1, 0.15) is 6.04 Å². The summed E-state index contributed by atoms with van der Waals surface area (Å²) in [6.45, 7) is 10.7. The van der Waals surface area contributed by atoms with Crippen molar-refractivity contribution in [2.24, 2.45) is 11.8 Å². The Balaban J connectivity index is 1.78. The van der Waals surface area contributed by atoms with Crippen LogP contribution in [0.4, 0.5) is 5.69 Å². The third kappa shape index (κ3) is 4.87. The minimum Gasteiger partial charge on any atom is -0.466 e. The van der Waals surface area contributed by atoms with E-state index < -0.39 is 22.6 Å². The maximum absolute atomic E-state index is 14.6. The van der Waals surface area contributed by atoms with Crippen LogP contribution in [0.1, 0.15) is 43.7 Å². The van der Waals surface area contributed by atoms with Crippen molar-refractivity contribution < 1.29 is 24.2 Å². The van der Waals surface area contributed by atoms with Gasteiger partial charge in [0.05, 0.1) is 23.2 Å². The first-order valence-electron chi connectivity index (χ1n) is 13.1. The Bertz CT molecular complexity index is 1070. The largest absolute Gasteiger partial charge is 0.466 e. The molecule has 0 aliphatic carbocycles. The van der Waals surface area contributed by atoms with Crippen LogP contribution >= 0.6 is 27.7 Å². The zero-order valence-corrected chi connectivity index (χ0v) is 24.2. The lowest BCUT2D eigenvalue weighted by Crippen LogP contribution is -2.55. The van der Waals surface area contributed by atoms with Gasteiger partial charge in [-0.1, -0.05) is 34.1 Å². The molecule has 3 saturated heterocycles. The van der Waals surface area contributed by atoms with Gasteiger partial charge in [-0.3, -0.25) is 14.4 Å². The molecule has 202 valence electrons. The number of likely N-dealkylation sites (tertiary alicyclic amines) is 1. The SMILES string of the molecule is C=CCN(C(=O)C1N(CCCCCO)C(=O)[C@@H]2[C@H](C(=O)OCC)[C@H]3SC12CC3Br)c1cc(C)ccc1C. The minimum atomic E-state index is -0.710. The van der Waals surface area contributed by atoms with Gasteiger partial charge in [0.25, 0.3) is 5.91 Å². The summed E-state index contributed by atoms with van der Waals surface area (Å²) in [5.41, 5.74) is 2.83. The number of halogens is 1. The molecule has 2 bridgehead atoms. The highest BCUT2D eigenvalue weighted by atomic mass is 79.9. The van der Waals surface area contributed by atoms with Crippen LogP contribution in [0.5, 0.6) is 0 Å². The number of thioether (sulfide) groups is 1. The first-order valence-corrected chi connectivity index (χ1v) is 14.9. The molecule has 3 aliphatic rings. The standard InChI is InChI=1S/C28H37BrN2O5S/c1-5-12-30(20-15-17(3)10-11-18(20)4)26(34)24-28-16-19(29)23(37-28)21(27(35)36-6-2)22(28)25(33)31(24)13-8-7-9-14-32/h5,10-11,15,19,21-24,32H,1,6-9,12-14,16H2,2-4H3/t19?,21-,22-,23-,24?,28?/m0/s1. The maximum Gasteiger partial charge on any atom is 0.310 e. The van der Waals surface area contributed by atoms with Crippen molar-refractivity contribution in [1.29, 1.82) is 0 Å². The Morgan fingerprint density at radius 2 is 2.08 bits per heavy atom. The minimum absolute atomic E-state index is 0.00848. The zero-order valence-electron chi connectivity index (χ0n) is 21.8. The summed E-state index contributed by atoms with van der Waals surface area (Å²) in [7, 11) is 0. The number of hydrogen-bond acceptors (Lipinski definition) is 6. The summed E-state index contributed by atoms with van der Waals surface area (Å²) in [5, 5.41) is 9.12. The van der Waals surface area contributed by atoms with Crippen LogP contribution in [-0.4, -0.2) is 75.0 Å². The number of rotatable bonds is 11. The van der Waals surface area contributed by atoms with Gasteiger partial charge in [-0.05, 0) is 63.6 Å². The van der Waals surface area contributed by atoms with E-state index in [2.05, 4.69) is 22.5 Å². The number of amides is 2. The second-order valence-electron chi connectivity index (χ2n) is 10.3. The fraction of sp³-hybridized carbons (Fsp3) is 0.607. The molecular formula is C28H37BrN2O5S. The van der Waals surface area contributed by atoms with Crippen molar-refractivity contribution >= 4 is 51.2 Å². The van der Waals surface area contributed by atoms with E-state index >= 15 is 0 Å². The van der Waals surface area contributed by atoms with Gasteiger partial charge >= 0.3 is 5.97 Å². The molecule has 0 radical (unpaired) electrons. The van der Waals surface area contributed by atoms with Crippen LogP contribution in [0.25, 0.3) is 0 Å². The number of alkyl halides is 1. The van der Waals surface area contributed by atoms with Gasteiger partial charge in [0, 0.05) is 35.5 Å². The zero-order chi connectivity index (χ0) is 26.9. The van der Waals surface area contributed by atoms with Crippen molar-refractivity contribution in [2.45, 2.75) is 67.3 Å². The lowest BCUT2D eigenvalue weighted by atomic mass is 9.71. The summed E-state index contributed by atoms with van der Waals surface area (Å²) in [5.74, 6) is -1.79. The fourth-order valence-electron chi connectivity index (χ4n) is 6.32. The molecule has 1 N–H and O–H groups in total. The highest BCUT2D eigenvalue weighted by molar-refractivity contribution is 9.09. The second kappa shape index (κ2) is 11.5. The Kier molecular flexibility index (Phi) is 8.75. The number of hydrogen-bond donors (Lipinski definition) is 1. The molecule has 1 spiro atoms. The Labute approximate surface area is 232 Å². The number of nitrogens with zero attached hydrogens (tertiary/aromatic N) is 2. The van der Waals surface area contributed by atoms with Crippen LogP contribution in [0.2, 0.25) is 0 Å². The Hall–Kier alpha value is -1.84. The molecule has 0 saturated carbocycles. The average molecular weight is 594 g/mol. The molecule has 0 aromatic heterocycles. The fourth-order valence-corrected chi connectivity index (χ4v) is 9.92. The normalized spacial score (nSPS) is 29.9. The van der Waals surface area contributed by atoms with Crippen molar-refractivity contribution in [3.8, 4) is 0 Å². The molecular weight excluding hydrogens is 556 g/mol. The van der Waals surface area contributed by atoms with Gasteiger partial charge in [-0.2, -0.15) is 0 Å². The summed E-state index contributed by atoms with van der Waals surface area (Å²) in [4.78, 5) is 45.3. The van der Waals surface area contributed by atoms with E-state index in [-0.39, 0.29) is 41.1 Å². The number of ether oxygens (including phenoxy) is 1. The van der Waals surface area contributed by atoms with E-state index in [1.54, 1.807) is 34.6 Å². The van der Waals surface area contributed by atoms with Gasteiger partial charge in [-0.15, -0.1) is 18.3 Å². The van der Waals surface area contributed by atoms with E-state index in [0.29, 0.717) is 32.4 Å². The first-order chi connectivity index (χ1) is 17.7. The monoisotopic (exact) mass is 592 g/mol. The van der Waals surface area contributed by atoms with E-state index in [0.717, 1.165) is 23.2 Å². The predicted octanol–water partition coefficient (Wildman–Crippen LogP) is 4.01. The van der Waals surface area contributed by atoms with Crippen LogP contribution in [0.3, 0.4) is 0 Å². The number of esters is 1. The van der Waals surface area contributed by atoms with E-state index in [1.165, 1.54) is 0 Å². The number of carbonyl (C=O) groups excluding carboxylic acids is 3. The number of benzene rings is 1. The molecule has 7 nitrogen and oxygen atoms in total. The average Bonchev–Trinajstić information content (AvgIpc) is 3.45. The first kappa shape index (κ1) is 28.2. The van der Waals surface area contributed by atoms with E-state index in [1.807, 2.05) is 32.0 Å². The van der Waals surface area contributed by atoms with Crippen LogP contribution in [-0.2, 0) is 19.1 Å². The Morgan fingerprint density at radius 1 is 1.32 bits per heavy atom. The number of carbonyl (C=O) groups is 3. The van der Waals surface area contributed by atoms with Gasteiger partial charge in [0.15, 0.2) is 0 Å². The second-order valence-corrected chi connectivity index (χ2v) is 13.0. The summed E-state index contributed by atoms with van der Waals surface area (Å²) < 4.78 is 4.72. The number of anilines is 1. The predicted molar refractivity (Wildman–Crippen MR) is 150 cm³/mol. The smallest absolute Gasteiger partial charge is 0.310 e. The van der Waals surface area contributed by atoms with Crippen molar-refractivity contribution in [3.05, 3.63) is 42.0 Å². The van der Waals surface area contributed by atoms with Crippen molar-refractivity contribution in [1.82, 2.24) is 4.90 Å². The quantitative estimate of drug-likeness (QED) is 0.181. The highest BCUT2D eigenvalue weighted by Crippen LogP contribution is 2.68. The third-order valence-corrected chi connectivity index (χ3v) is 11.1. The van der Waals surface area contributed by atoms with Crippen LogP contribution < -0.4 is 4.90 Å². The van der Waals surface area contributed by atoms with Crippen molar-refractivity contribution in [2.75, 3.05) is 31.2 Å². The van der Waals surface area contributed by atoms with E-state index in [9.17, 15) is 19.5 Å². The molecule has 2 amide bonds. The molecule has 1 aromatic rings. The molecule has 4 rings (SSSR count). The van der Waals surface area contributed by atoms with Gasteiger partial charge in [-0.25, -0.2) is 0 Å². The number of aliphatic hydroxyl groups excluding tert-OH is 1. The highest BCUT2D eigenvalue weighted by Gasteiger charge is 2.76. The lowest BCUT2D eigenvalue weighted by Gasteiger charge is -2.38. The molecule has 37 heavy (non-hydrogen) atoms. The van der Waals surface area contributed by atoms with E-state index in [4.69, 9.17) is 4.74 Å². The molecule has 3 heterocycles. The van der Waals surface area contributed by atoms with Crippen LogP contribution in [0, 0.1) is 25.7 Å². The molecule has 3 aliphatic heterocycles. The number of unbranched alkanes of at least 4 members (excludes halogenated alkanes) is 2. The summed E-state index contributed by atoms with van der Waals surface area (Å²) in [6.07, 6.45) is 4.42. The van der Waals surface area contributed by atoms with Gasteiger partial charge < -0.3 is 19.6 Å². The topological polar surface area (TPSA) is 87.2 Å². The summed E-state index contributed by atoms with van der Waals surface area (Å²) >= 11 is 5.40. The maximum atomic E-state index is 14.6. The molecule has 1 aromatic carbocycles. The Morgan fingerprint density at radius 3 is 2.76 bits per heavy atom. The molecule has 6 atom stereocenters. The molecule has 3 fully saturated rings. The summed E-state index contributed by atoms with van der Waals surface area (Å²) in [6, 6.07) is 5.32. The third-order valence-electron chi connectivity index (χ3n) is 7.87.